The van der Waals surface area contributed by atoms with E-state index in [1.807, 2.05) is 0 Å². The van der Waals surface area contributed by atoms with Crippen molar-refractivity contribution in [2.24, 2.45) is 5.92 Å². The molecular weight excluding hydrogens is 232 g/mol. The van der Waals surface area contributed by atoms with Crippen LogP contribution in [0.4, 0.5) is 0 Å². The van der Waals surface area contributed by atoms with Crippen LogP contribution in [0, 0.1) is 19.8 Å². The quantitative estimate of drug-likeness (QED) is 0.849. The molecule has 0 aromatic carbocycles. The first-order valence-electron chi connectivity index (χ1n) is 6.14. The van der Waals surface area contributed by atoms with E-state index in [0.717, 1.165) is 12.3 Å². The second-order valence-corrected chi connectivity index (χ2v) is 6.16. The highest BCUT2D eigenvalue weighted by Gasteiger charge is 2.23. The van der Waals surface area contributed by atoms with Gasteiger partial charge in [-0.05, 0) is 13.8 Å². The van der Waals surface area contributed by atoms with Crippen molar-refractivity contribution in [3.63, 3.8) is 0 Å². The standard InChI is InChI=1S/C13H24N2OS/c1-8(2)14-12(9(3)7-16-6)13-15-10(4)11(5)17-13/h8-9,12,14H,7H2,1-6H3. The third-order valence-corrected chi connectivity index (χ3v) is 3.98. The van der Waals surface area contributed by atoms with Gasteiger partial charge in [-0.25, -0.2) is 4.98 Å². The Hall–Kier alpha value is -0.450. The minimum Gasteiger partial charge on any atom is -0.384 e. The van der Waals surface area contributed by atoms with Crippen LogP contribution < -0.4 is 5.32 Å². The monoisotopic (exact) mass is 256 g/mol. The Morgan fingerprint density at radius 1 is 1.29 bits per heavy atom. The van der Waals surface area contributed by atoms with Crippen molar-refractivity contribution in [1.82, 2.24) is 10.3 Å². The van der Waals surface area contributed by atoms with E-state index in [9.17, 15) is 0 Å². The van der Waals surface area contributed by atoms with Crippen LogP contribution in [0.2, 0.25) is 0 Å². The predicted octanol–water partition coefficient (Wildman–Crippen LogP) is 3.08. The Labute approximate surface area is 109 Å². The zero-order chi connectivity index (χ0) is 13.0. The molecule has 0 saturated heterocycles. The normalized spacial score (nSPS) is 15.2. The van der Waals surface area contributed by atoms with Gasteiger partial charge in [0.2, 0.25) is 0 Å². The third-order valence-electron chi connectivity index (χ3n) is 2.82. The summed E-state index contributed by atoms with van der Waals surface area (Å²) in [5.41, 5.74) is 1.14. The highest BCUT2D eigenvalue weighted by atomic mass is 32.1. The van der Waals surface area contributed by atoms with Crippen molar-refractivity contribution >= 4 is 11.3 Å². The molecule has 0 spiro atoms. The summed E-state index contributed by atoms with van der Waals surface area (Å²) in [5.74, 6) is 0.423. The molecule has 1 aromatic heterocycles. The molecule has 0 radical (unpaired) electrons. The Balaban J connectivity index is 2.88. The molecular formula is C13H24N2OS. The zero-order valence-corrected chi connectivity index (χ0v) is 12.5. The Bertz CT molecular complexity index is 330. The number of thiazole rings is 1. The Kier molecular flexibility index (Phi) is 5.56. The van der Waals surface area contributed by atoms with Gasteiger partial charge < -0.3 is 10.1 Å². The molecule has 3 nitrogen and oxygen atoms in total. The van der Waals surface area contributed by atoms with E-state index in [2.05, 4.69) is 44.9 Å². The van der Waals surface area contributed by atoms with Gasteiger partial charge in [0.25, 0.3) is 0 Å². The molecule has 17 heavy (non-hydrogen) atoms. The van der Waals surface area contributed by atoms with Gasteiger partial charge in [-0.3, -0.25) is 0 Å². The number of aromatic nitrogens is 1. The molecule has 1 aromatic rings. The SMILES string of the molecule is COCC(C)C(NC(C)C)c1nc(C)c(C)s1. The van der Waals surface area contributed by atoms with Crippen LogP contribution in [0.5, 0.6) is 0 Å². The number of hydrogen-bond donors (Lipinski definition) is 1. The fraction of sp³-hybridized carbons (Fsp3) is 0.769. The summed E-state index contributed by atoms with van der Waals surface area (Å²) >= 11 is 1.79. The lowest BCUT2D eigenvalue weighted by atomic mass is 10.0. The molecule has 1 heterocycles. The van der Waals surface area contributed by atoms with Crippen molar-refractivity contribution in [1.29, 1.82) is 0 Å². The van der Waals surface area contributed by atoms with E-state index in [0.29, 0.717) is 12.0 Å². The summed E-state index contributed by atoms with van der Waals surface area (Å²) in [6.45, 7) is 11.5. The highest BCUT2D eigenvalue weighted by Crippen LogP contribution is 2.28. The van der Waals surface area contributed by atoms with Gasteiger partial charge >= 0.3 is 0 Å². The topological polar surface area (TPSA) is 34.1 Å². The van der Waals surface area contributed by atoms with Gasteiger partial charge in [-0.1, -0.05) is 20.8 Å². The van der Waals surface area contributed by atoms with Crippen LogP contribution in [-0.2, 0) is 4.74 Å². The molecule has 0 aliphatic carbocycles. The van der Waals surface area contributed by atoms with E-state index in [-0.39, 0.29) is 6.04 Å². The molecule has 4 heteroatoms. The lowest BCUT2D eigenvalue weighted by molar-refractivity contribution is 0.136. The van der Waals surface area contributed by atoms with Gasteiger partial charge in [-0.15, -0.1) is 11.3 Å². The van der Waals surface area contributed by atoms with E-state index in [4.69, 9.17) is 4.74 Å². The molecule has 0 saturated carbocycles. The lowest BCUT2D eigenvalue weighted by Gasteiger charge is -2.25. The molecule has 0 fully saturated rings. The second kappa shape index (κ2) is 6.47. The average Bonchev–Trinajstić information content (AvgIpc) is 2.55. The maximum Gasteiger partial charge on any atom is 0.110 e. The van der Waals surface area contributed by atoms with Gasteiger partial charge in [-0.2, -0.15) is 0 Å². The fourth-order valence-corrected chi connectivity index (χ4v) is 2.94. The number of hydrogen-bond acceptors (Lipinski definition) is 4. The minimum absolute atomic E-state index is 0.285. The molecule has 2 unspecified atom stereocenters. The van der Waals surface area contributed by atoms with E-state index >= 15 is 0 Å². The van der Waals surface area contributed by atoms with Crippen LogP contribution in [0.15, 0.2) is 0 Å². The van der Waals surface area contributed by atoms with Crippen LogP contribution in [0.1, 0.15) is 42.4 Å². The molecule has 0 aliphatic rings. The maximum atomic E-state index is 5.26. The largest absolute Gasteiger partial charge is 0.384 e. The molecule has 0 amide bonds. The Morgan fingerprint density at radius 2 is 1.94 bits per heavy atom. The van der Waals surface area contributed by atoms with Crippen LogP contribution in [0.3, 0.4) is 0 Å². The number of rotatable bonds is 6. The number of methoxy groups -OCH3 is 1. The van der Waals surface area contributed by atoms with Crippen LogP contribution in [-0.4, -0.2) is 24.7 Å². The molecule has 98 valence electrons. The number of nitrogens with one attached hydrogen (secondary N) is 1. The van der Waals surface area contributed by atoms with Gasteiger partial charge in [0, 0.05) is 23.9 Å². The summed E-state index contributed by atoms with van der Waals surface area (Å²) < 4.78 is 5.26. The zero-order valence-electron chi connectivity index (χ0n) is 11.7. The summed E-state index contributed by atoms with van der Waals surface area (Å²) in [6.07, 6.45) is 0. The molecule has 1 N–H and O–H groups in total. The molecule has 2 atom stereocenters. The summed E-state index contributed by atoms with van der Waals surface area (Å²) in [5, 5.41) is 4.77. The summed E-state index contributed by atoms with van der Waals surface area (Å²) in [4.78, 5) is 5.97. The van der Waals surface area contributed by atoms with Crippen LogP contribution in [0.25, 0.3) is 0 Å². The van der Waals surface area contributed by atoms with E-state index in [1.165, 1.54) is 9.88 Å². The van der Waals surface area contributed by atoms with Crippen molar-refractivity contribution in [2.45, 2.75) is 46.7 Å². The number of ether oxygens (including phenoxy) is 1. The van der Waals surface area contributed by atoms with Gasteiger partial charge in [0.1, 0.15) is 5.01 Å². The first-order valence-corrected chi connectivity index (χ1v) is 6.96. The molecule has 0 aliphatic heterocycles. The predicted molar refractivity (Wildman–Crippen MR) is 73.6 cm³/mol. The van der Waals surface area contributed by atoms with Crippen molar-refractivity contribution in [3.05, 3.63) is 15.6 Å². The molecule has 0 bridgehead atoms. The number of nitrogens with zero attached hydrogens (tertiary/aromatic N) is 1. The minimum atomic E-state index is 0.285. The van der Waals surface area contributed by atoms with Gasteiger partial charge in [0.05, 0.1) is 18.3 Å². The Morgan fingerprint density at radius 3 is 2.35 bits per heavy atom. The van der Waals surface area contributed by atoms with E-state index < -0.39 is 0 Å². The second-order valence-electron chi connectivity index (χ2n) is 4.93. The van der Waals surface area contributed by atoms with Crippen LogP contribution >= 0.6 is 11.3 Å². The van der Waals surface area contributed by atoms with Gasteiger partial charge in [0.15, 0.2) is 0 Å². The van der Waals surface area contributed by atoms with Crippen molar-refractivity contribution in [3.8, 4) is 0 Å². The average molecular weight is 256 g/mol. The highest BCUT2D eigenvalue weighted by molar-refractivity contribution is 7.11. The van der Waals surface area contributed by atoms with Crippen molar-refractivity contribution < 1.29 is 4.74 Å². The summed E-state index contributed by atoms with van der Waals surface area (Å²) in [7, 11) is 1.75. The number of aryl methyl sites for hydroxylation is 2. The smallest absolute Gasteiger partial charge is 0.110 e. The lowest BCUT2D eigenvalue weighted by Crippen LogP contribution is -2.34. The van der Waals surface area contributed by atoms with Crippen molar-refractivity contribution in [2.75, 3.05) is 13.7 Å². The summed E-state index contributed by atoms with van der Waals surface area (Å²) in [6, 6.07) is 0.733. The maximum absolute atomic E-state index is 5.26. The first kappa shape index (κ1) is 14.6. The molecule has 1 rings (SSSR count). The fourth-order valence-electron chi connectivity index (χ4n) is 1.83. The third kappa shape index (κ3) is 4.05. The first-order chi connectivity index (χ1) is 7.95. The van der Waals surface area contributed by atoms with E-state index in [1.54, 1.807) is 18.4 Å².